The molecule has 6 heteroatoms. The highest BCUT2D eigenvalue weighted by molar-refractivity contribution is 7.99. The Hall–Kier alpha value is -0.690. The van der Waals surface area contributed by atoms with Gasteiger partial charge in [-0.25, -0.2) is 9.97 Å². The van der Waals surface area contributed by atoms with Gasteiger partial charge < -0.3 is 10.4 Å². The predicted octanol–water partition coefficient (Wildman–Crippen LogP) is 0.452. The number of aryl methyl sites for hydroxylation is 2. The van der Waals surface area contributed by atoms with Crippen molar-refractivity contribution in [2.75, 3.05) is 38.5 Å². The highest BCUT2D eigenvalue weighted by atomic mass is 32.2. The maximum atomic E-state index is 10.1. The molecular formula is C13H22N4OS. The van der Waals surface area contributed by atoms with Crippen molar-refractivity contribution in [2.45, 2.75) is 25.1 Å². The van der Waals surface area contributed by atoms with Gasteiger partial charge in [0.15, 0.2) is 5.16 Å². The van der Waals surface area contributed by atoms with Crippen molar-refractivity contribution >= 4 is 11.8 Å². The van der Waals surface area contributed by atoms with E-state index in [1.807, 2.05) is 19.9 Å². The smallest absolute Gasteiger partial charge is 0.188 e. The number of β-amino-alcohol motifs (C(OH)–C–C–N with tert-alkyl or cyclic N) is 1. The molecule has 0 spiro atoms. The lowest BCUT2D eigenvalue weighted by Crippen LogP contribution is -2.46. The van der Waals surface area contributed by atoms with E-state index in [-0.39, 0.29) is 6.10 Å². The Bertz CT molecular complexity index is 389. The molecular weight excluding hydrogens is 260 g/mol. The van der Waals surface area contributed by atoms with Crippen LogP contribution in [0.4, 0.5) is 0 Å². The topological polar surface area (TPSA) is 61.3 Å². The first-order chi connectivity index (χ1) is 9.13. The normalized spacial score (nSPS) is 18.5. The molecule has 0 radical (unpaired) electrons. The number of thioether (sulfide) groups is 1. The summed E-state index contributed by atoms with van der Waals surface area (Å²) in [5.41, 5.74) is 1.96. The molecule has 1 fully saturated rings. The van der Waals surface area contributed by atoms with E-state index in [9.17, 15) is 5.11 Å². The second kappa shape index (κ2) is 7.19. The van der Waals surface area contributed by atoms with Gasteiger partial charge in [-0.1, -0.05) is 11.8 Å². The molecule has 0 bridgehead atoms. The summed E-state index contributed by atoms with van der Waals surface area (Å²) in [6.07, 6.45) is -0.326. The van der Waals surface area contributed by atoms with Crippen LogP contribution in [-0.2, 0) is 0 Å². The van der Waals surface area contributed by atoms with Crippen LogP contribution in [0.5, 0.6) is 0 Å². The van der Waals surface area contributed by atoms with Gasteiger partial charge in [-0.3, -0.25) is 4.90 Å². The van der Waals surface area contributed by atoms with Crippen LogP contribution in [0.2, 0.25) is 0 Å². The zero-order valence-electron chi connectivity index (χ0n) is 11.6. The van der Waals surface area contributed by atoms with Gasteiger partial charge in [0.2, 0.25) is 0 Å². The summed E-state index contributed by atoms with van der Waals surface area (Å²) in [6.45, 7) is 8.73. The van der Waals surface area contributed by atoms with E-state index in [1.165, 1.54) is 11.8 Å². The van der Waals surface area contributed by atoms with Crippen LogP contribution in [0.1, 0.15) is 11.4 Å². The van der Waals surface area contributed by atoms with Crippen LogP contribution in [0.3, 0.4) is 0 Å². The molecule has 0 aromatic carbocycles. The second-order valence-electron chi connectivity index (χ2n) is 4.95. The van der Waals surface area contributed by atoms with Crippen molar-refractivity contribution < 1.29 is 5.11 Å². The number of rotatable bonds is 5. The highest BCUT2D eigenvalue weighted by Gasteiger charge is 2.15. The molecule has 1 aromatic heterocycles. The molecule has 1 aliphatic heterocycles. The van der Waals surface area contributed by atoms with Gasteiger partial charge in [0.05, 0.1) is 6.10 Å². The van der Waals surface area contributed by atoms with Gasteiger partial charge in [0, 0.05) is 49.9 Å². The third kappa shape index (κ3) is 5.06. The Balaban J connectivity index is 1.77. The molecule has 19 heavy (non-hydrogen) atoms. The van der Waals surface area contributed by atoms with Gasteiger partial charge in [-0.15, -0.1) is 0 Å². The fourth-order valence-electron chi connectivity index (χ4n) is 2.17. The third-order valence-corrected chi connectivity index (χ3v) is 4.04. The minimum absolute atomic E-state index is 0.326. The van der Waals surface area contributed by atoms with Gasteiger partial charge in [-0.2, -0.15) is 0 Å². The van der Waals surface area contributed by atoms with E-state index >= 15 is 0 Å². The molecule has 2 heterocycles. The van der Waals surface area contributed by atoms with Gasteiger partial charge >= 0.3 is 0 Å². The number of aliphatic hydroxyl groups excluding tert-OH is 1. The standard InChI is InChI=1S/C13H22N4OS/c1-10-7-11(2)16-13(15-10)19-9-12(18)8-17-5-3-14-4-6-17/h7,12,14,18H,3-6,8-9H2,1-2H3. The summed E-state index contributed by atoms with van der Waals surface area (Å²) in [6, 6.07) is 1.96. The number of hydrogen-bond donors (Lipinski definition) is 2. The average Bonchev–Trinajstić information content (AvgIpc) is 2.36. The minimum Gasteiger partial charge on any atom is -0.391 e. The largest absolute Gasteiger partial charge is 0.391 e. The molecule has 2 N–H and O–H groups in total. The Morgan fingerprint density at radius 2 is 1.95 bits per heavy atom. The number of aliphatic hydroxyl groups is 1. The molecule has 1 unspecified atom stereocenters. The predicted molar refractivity (Wildman–Crippen MR) is 77.5 cm³/mol. The van der Waals surface area contributed by atoms with Gasteiger partial charge in [-0.05, 0) is 19.9 Å². The molecule has 1 aromatic rings. The van der Waals surface area contributed by atoms with Crippen molar-refractivity contribution in [1.29, 1.82) is 0 Å². The molecule has 106 valence electrons. The quantitative estimate of drug-likeness (QED) is 0.604. The molecule has 5 nitrogen and oxygen atoms in total. The summed E-state index contributed by atoms with van der Waals surface area (Å²) in [5, 5.41) is 14.1. The Morgan fingerprint density at radius 3 is 2.58 bits per heavy atom. The molecule has 2 rings (SSSR count). The monoisotopic (exact) mass is 282 g/mol. The lowest BCUT2D eigenvalue weighted by Gasteiger charge is -2.28. The van der Waals surface area contributed by atoms with Gasteiger partial charge in [0.25, 0.3) is 0 Å². The van der Waals surface area contributed by atoms with E-state index in [4.69, 9.17) is 0 Å². The lowest BCUT2D eigenvalue weighted by molar-refractivity contribution is 0.121. The first-order valence-corrected chi connectivity index (χ1v) is 7.68. The Labute approximate surface area is 118 Å². The molecule has 1 aliphatic rings. The second-order valence-corrected chi connectivity index (χ2v) is 5.94. The fourth-order valence-corrected chi connectivity index (χ4v) is 3.04. The van der Waals surface area contributed by atoms with Crippen LogP contribution in [-0.4, -0.2) is 64.6 Å². The van der Waals surface area contributed by atoms with Crippen molar-refractivity contribution in [2.24, 2.45) is 0 Å². The van der Waals surface area contributed by atoms with Crippen LogP contribution in [0, 0.1) is 13.8 Å². The first kappa shape index (κ1) is 14.7. The Kier molecular flexibility index (Phi) is 5.57. The number of piperazine rings is 1. The summed E-state index contributed by atoms with van der Waals surface area (Å²) in [7, 11) is 0. The van der Waals surface area contributed by atoms with Crippen molar-refractivity contribution in [1.82, 2.24) is 20.2 Å². The lowest BCUT2D eigenvalue weighted by atomic mass is 10.3. The van der Waals surface area contributed by atoms with E-state index in [0.717, 1.165) is 49.3 Å². The molecule has 0 amide bonds. The zero-order chi connectivity index (χ0) is 13.7. The fraction of sp³-hybridized carbons (Fsp3) is 0.692. The third-order valence-electron chi connectivity index (χ3n) is 3.05. The molecule has 0 aliphatic carbocycles. The molecule has 1 saturated heterocycles. The van der Waals surface area contributed by atoms with E-state index < -0.39 is 0 Å². The van der Waals surface area contributed by atoms with E-state index in [2.05, 4.69) is 20.2 Å². The molecule has 0 saturated carbocycles. The van der Waals surface area contributed by atoms with Crippen LogP contribution < -0.4 is 5.32 Å². The number of nitrogens with one attached hydrogen (secondary N) is 1. The summed E-state index contributed by atoms with van der Waals surface area (Å²) < 4.78 is 0. The zero-order valence-corrected chi connectivity index (χ0v) is 12.4. The van der Waals surface area contributed by atoms with Crippen LogP contribution in [0.25, 0.3) is 0 Å². The maximum Gasteiger partial charge on any atom is 0.188 e. The van der Waals surface area contributed by atoms with Gasteiger partial charge in [0.1, 0.15) is 0 Å². The van der Waals surface area contributed by atoms with E-state index in [1.54, 1.807) is 0 Å². The van der Waals surface area contributed by atoms with Crippen molar-refractivity contribution in [3.63, 3.8) is 0 Å². The average molecular weight is 282 g/mol. The number of aromatic nitrogens is 2. The van der Waals surface area contributed by atoms with Crippen LogP contribution in [0.15, 0.2) is 11.2 Å². The Morgan fingerprint density at radius 1 is 1.32 bits per heavy atom. The van der Waals surface area contributed by atoms with Crippen molar-refractivity contribution in [3.05, 3.63) is 17.5 Å². The highest BCUT2D eigenvalue weighted by Crippen LogP contribution is 2.15. The summed E-state index contributed by atoms with van der Waals surface area (Å²) in [5.74, 6) is 0.646. The number of hydrogen-bond acceptors (Lipinski definition) is 6. The van der Waals surface area contributed by atoms with Crippen LogP contribution >= 0.6 is 11.8 Å². The number of nitrogens with zero attached hydrogens (tertiary/aromatic N) is 3. The van der Waals surface area contributed by atoms with E-state index in [0.29, 0.717) is 5.75 Å². The van der Waals surface area contributed by atoms with Crippen molar-refractivity contribution in [3.8, 4) is 0 Å². The molecule has 1 atom stereocenters. The summed E-state index contributed by atoms with van der Waals surface area (Å²) >= 11 is 1.53. The maximum absolute atomic E-state index is 10.1. The first-order valence-electron chi connectivity index (χ1n) is 6.70. The minimum atomic E-state index is -0.326. The SMILES string of the molecule is Cc1cc(C)nc(SCC(O)CN2CCNCC2)n1. The summed E-state index contributed by atoms with van der Waals surface area (Å²) in [4.78, 5) is 11.0.